The van der Waals surface area contributed by atoms with Gasteiger partial charge in [0.1, 0.15) is 5.69 Å². The Morgan fingerprint density at radius 3 is 2.06 bits per heavy atom. The zero-order valence-corrected chi connectivity index (χ0v) is 18.6. The fourth-order valence-electron chi connectivity index (χ4n) is 3.75. The number of anilines is 2. The number of halogens is 7. The zero-order valence-electron chi connectivity index (χ0n) is 16.4. The van der Waals surface area contributed by atoms with Crippen molar-refractivity contribution in [2.75, 3.05) is 10.6 Å². The van der Waals surface area contributed by atoms with E-state index in [0.717, 1.165) is 6.20 Å². The van der Waals surface area contributed by atoms with Gasteiger partial charge in [0.25, 0.3) is 0 Å². The molecule has 0 bridgehead atoms. The minimum Gasteiger partial charge on any atom is -0.351 e. The zero-order chi connectivity index (χ0) is 23.1. The Morgan fingerprint density at radius 1 is 0.906 bits per heavy atom. The van der Waals surface area contributed by atoms with Crippen LogP contribution in [0.4, 0.5) is 38.2 Å². The van der Waals surface area contributed by atoms with Crippen LogP contribution in [0.1, 0.15) is 44.3 Å². The van der Waals surface area contributed by atoms with Gasteiger partial charge in [0.05, 0.1) is 0 Å². The fourth-order valence-corrected chi connectivity index (χ4v) is 4.59. The van der Waals surface area contributed by atoms with Crippen molar-refractivity contribution in [2.24, 2.45) is 0 Å². The average molecular weight is 573 g/mol. The molecule has 2 aliphatic rings. The van der Waals surface area contributed by atoms with Crippen LogP contribution in [-0.4, -0.2) is 46.6 Å². The third-order valence-corrected chi connectivity index (χ3v) is 6.23. The predicted molar refractivity (Wildman–Crippen MR) is 111 cm³/mol. The summed E-state index contributed by atoms with van der Waals surface area (Å²) in [6.45, 7) is 0. The lowest BCUT2D eigenvalue weighted by atomic mass is 10.2. The van der Waals surface area contributed by atoms with Crippen LogP contribution in [0.2, 0.25) is 0 Å². The van der Waals surface area contributed by atoms with E-state index < -0.39 is 34.1 Å². The first-order valence-corrected chi connectivity index (χ1v) is 10.9. The molecule has 4 rings (SSSR count). The largest absolute Gasteiger partial charge is 0.451 e. The highest BCUT2D eigenvalue weighted by Crippen LogP contribution is 2.40. The molecule has 2 aromatic heterocycles. The van der Waals surface area contributed by atoms with Gasteiger partial charge in [-0.15, -0.1) is 0 Å². The van der Waals surface area contributed by atoms with Crippen LogP contribution in [0.5, 0.6) is 0 Å². The summed E-state index contributed by atoms with van der Waals surface area (Å²) in [4.78, 5) is 19.1. The molecule has 0 saturated heterocycles. The van der Waals surface area contributed by atoms with Crippen molar-refractivity contribution in [2.45, 2.75) is 66.4 Å². The van der Waals surface area contributed by atoms with Crippen molar-refractivity contribution in [3.8, 4) is 11.5 Å². The summed E-state index contributed by atoms with van der Waals surface area (Å²) in [5.74, 6) is -4.45. The summed E-state index contributed by atoms with van der Waals surface area (Å²) in [5, 5.41) is 5.78. The van der Waals surface area contributed by atoms with Gasteiger partial charge in [0, 0.05) is 37.5 Å². The van der Waals surface area contributed by atoms with Crippen LogP contribution in [0.3, 0.4) is 0 Å². The molecule has 0 radical (unpaired) electrons. The summed E-state index contributed by atoms with van der Waals surface area (Å²) in [5.41, 5.74) is -0.210. The van der Waals surface area contributed by atoms with Crippen LogP contribution < -0.4 is 10.6 Å². The monoisotopic (exact) mass is 573 g/mol. The van der Waals surface area contributed by atoms with Crippen LogP contribution in [0, 0.1) is 0 Å². The Labute approximate surface area is 192 Å². The van der Waals surface area contributed by atoms with Gasteiger partial charge in [-0.2, -0.15) is 28.1 Å². The molecule has 14 heteroatoms. The lowest BCUT2D eigenvalue weighted by molar-refractivity contribution is -0.144. The lowest BCUT2D eigenvalue weighted by Crippen LogP contribution is -2.23. The van der Waals surface area contributed by atoms with E-state index >= 15 is 0 Å². The van der Waals surface area contributed by atoms with E-state index in [1.54, 1.807) is 22.6 Å². The maximum Gasteiger partial charge on any atom is 0.451 e. The maximum absolute atomic E-state index is 14.2. The summed E-state index contributed by atoms with van der Waals surface area (Å²) in [7, 11) is 0. The summed E-state index contributed by atoms with van der Waals surface area (Å²) in [6, 6.07) is 0.296. The first-order chi connectivity index (χ1) is 14.9. The Hall–Kier alpha value is -2.00. The first kappa shape index (κ1) is 23.2. The standard InChI is InChI=1S/C18H18F6IN7/c19-16(20)4-1-9(7-16)27-14-30-12(11-3-6-26-13(29-11)18(22,23)24)31-15(32-14)28-10-2-5-17(21,25)8-10/h3,6,9-10H,1-2,4-5,7-8H2,(H2,27,28,30,31,32). The van der Waals surface area contributed by atoms with E-state index in [9.17, 15) is 26.3 Å². The highest BCUT2D eigenvalue weighted by Gasteiger charge is 2.40. The second-order valence-electron chi connectivity index (χ2n) is 7.95. The molecule has 0 spiro atoms. The molecule has 3 unspecified atom stereocenters. The van der Waals surface area contributed by atoms with Crippen LogP contribution in [-0.2, 0) is 6.18 Å². The number of alkyl halides is 7. The maximum atomic E-state index is 14.2. The molecule has 2 fully saturated rings. The fraction of sp³-hybridized carbons (Fsp3) is 0.611. The van der Waals surface area contributed by atoms with E-state index in [-0.39, 0.29) is 48.7 Å². The molecule has 2 aliphatic carbocycles. The molecule has 7 nitrogen and oxygen atoms in total. The van der Waals surface area contributed by atoms with Gasteiger partial charge in [-0.1, -0.05) is 0 Å². The summed E-state index contributed by atoms with van der Waals surface area (Å²) < 4.78 is 79.0. The Morgan fingerprint density at radius 2 is 1.53 bits per heavy atom. The predicted octanol–water partition coefficient (Wildman–Crippen LogP) is 5.01. The van der Waals surface area contributed by atoms with E-state index in [4.69, 9.17) is 0 Å². The van der Waals surface area contributed by atoms with E-state index in [0.29, 0.717) is 12.8 Å². The Balaban J connectivity index is 1.64. The number of aromatic nitrogens is 5. The molecule has 2 saturated carbocycles. The molecule has 2 aromatic rings. The highest BCUT2D eigenvalue weighted by molar-refractivity contribution is 14.1. The number of hydrogen-bond donors (Lipinski definition) is 2. The molecular formula is C18H18F6IN7. The minimum absolute atomic E-state index is 0.00599. The van der Waals surface area contributed by atoms with Gasteiger partial charge in [0.15, 0.2) is 9.50 Å². The average Bonchev–Trinajstić information content (AvgIpc) is 3.21. The molecule has 2 heterocycles. The quantitative estimate of drug-likeness (QED) is 0.296. The van der Waals surface area contributed by atoms with Gasteiger partial charge in [-0.05, 0) is 47.9 Å². The van der Waals surface area contributed by atoms with Crippen LogP contribution in [0.25, 0.3) is 11.5 Å². The van der Waals surface area contributed by atoms with Crippen molar-refractivity contribution in [3.63, 3.8) is 0 Å². The molecule has 2 N–H and O–H groups in total. The molecular weight excluding hydrogens is 555 g/mol. The number of rotatable bonds is 5. The second-order valence-corrected chi connectivity index (χ2v) is 9.88. The third kappa shape index (κ3) is 5.67. The van der Waals surface area contributed by atoms with Gasteiger partial charge < -0.3 is 10.6 Å². The topological polar surface area (TPSA) is 88.5 Å². The minimum atomic E-state index is -4.77. The molecule has 3 atom stereocenters. The molecule has 174 valence electrons. The van der Waals surface area contributed by atoms with E-state index in [2.05, 4.69) is 35.6 Å². The van der Waals surface area contributed by atoms with Crippen LogP contribution in [0.15, 0.2) is 12.3 Å². The number of nitrogens with zero attached hydrogens (tertiary/aromatic N) is 5. The third-order valence-electron chi connectivity index (χ3n) is 5.25. The molecule has 0 aromatic carbocycles. The second kappa shape index (κ2) is 8.41. The van der Waals surface area contributed by atoms with Gasteiger partial charge in [0.2, 0.25) is 23.6 Å². The van der Waals surface area contributed by atoms with Crippen molar-refractivity contribution >= 4 is 34.5 Å². The normalized spacial score (nSPS) is 27.5. The summed E-state index contributed by atoms with van der Waals surface area (Å²) in [6.07, 6.45) is -3.33. The Bertz CT molecular complexity index is 940. The molecule has 32 heavy (non-hydrogen) atoms. The number of hydrogen-bond acceptors (Lipinski definition) is 7. The van der Waals surface area contributed by atoms with Crippen molar-refractivity contribution in [3.05, 3.63) is 18.1 Å². The molecule has 0 aliphatic heterocycles. The van der Waals surface area contributed by atoms with Crippen molar-refractivity contribution in [1.29, 1.82) is 0 Å². The SMILES string of the molecule is FC1(F)CCC(Nc2nc(NC3CCC(F)(I)C3)nc(-c3ccnc(C(F)(F)F)n3)n2)C1. The van der Waals surface area contributed by atoms with Crippen molar-refractivity contribution < 1.29 is 26.3 Å². The lowest BCUT2D eigenvalue weighted by Gasteiger charge is -2.17. The first-order valence-electron chi connectivity index (χ1n) is 9.84. The smallest absolute Gasteiger partial charge is 0.351 e. The molecule has 0 amide bonds. The Kier molecular flexibility index (Phi) is 6.09. The number of nitrogens with one attached hydrogen (secondary N) is 2. The highest BCUT2D eigenvalue weighted by atomic mass is 127. The van der Waals surface area contributed by atoms with E-state index in [1.807, 2.05) is 0 Å². The summed E-state index contributed by atoms with van der Waals surface area (Å²) >= 11 is 1.73. The van der Waals surface area contributed by atoms with Gasteiger partial charge in [-0.3, -0.25) is 0 Å². The van der Waals surface area contributed by atoms with Gasteiger partial charge in [-0.25, -0.2) is 23.1 Å². The van der Waals surface area contributed by atoms with Crippen molar-refractivity contribution in [1.82, 2.24) is 24.9 Å². The van der Waals surface area contributed by atoms with Crippen LogP contribution >= 0.6 is 22.6 Å². The van der Waals surface area contributed by atoms with Gasteiger partial charge >= 0.3 is 6.18 Å². The van der Waals surface area contributed by atoms with E-state index in [1.165, 1.54) is 6.07 Å².